The van der Waals surface area contributed by atoms with E-state index >= 15 is 0 Å². The minimum Gasteiger partial charge on any atom is -0.496 e. The van der Waals surface area contributed by atoms with Gasteiger partial charge in [0.15, 0.2) is 11.5 Å². The normalized spacial score (nSPS) is 14.7. The second kappa shape index (κ2) is 9.57. The molecule has 0 unspecified atom stereocenters. The predicted molar refractivity (Wildman–Crippen MR) is 119 cm³/mol. The fourth-order valence-corrected chi connectivity index (χ4v) is 3.84. The molecule has 1 N–H and O–H groups in total. The molecule has 1 saturated heterocycles. The van der Waals surface area contributed by atoms with Crippen LogP contribution in [0.4, 0.5) is 10.5 Å². The number of anilines is 1. The third-order valence-corrected chi connectivity index (χ3v) is 5.41. The molecule has 0 bridgehead atoms. The number of nitrogens with zero attached hydrogens (tertiary/aromatic N) is 1. The molecule has 1 aliphatic rings. The summed E-state index contributed by atoms with van der Waals surface area (Å²) < 4.78 is 15.9. The fraction of sp³-hybridized carbons (Fsp3) is 0.227. The van der Waals surface area contributed by atoms with Gasteiger partial charge >= 0.3 is 0 Å². The van der Waals surface area contributed by atoms with Crippen molar-refractivity contribution in [3.05, 3.63) is 52.4 Å². The monoisotopic (exact) mass is 442 g/mol. The first-order chi connectivity index (χ1) is 14.9. The zero-order valence-electron chi connectivity index (χ0n) is 17.6. The lowest BCUT2D eigenvalue weighted by Crippen LogP contribution is -2.36. The molecular weight excluding hydrogens is 420 g/mol. The molecule has 0 aromatic heterocycles. The number of amides is 3. The summed E-state index contributed by atoms with van der Waals surface area (Å²) in [5, 5.41) is 2.18. The van der Waals surface area contributed by atoms with E-state index in [1.54, 1.807) is 24.3 Å². The lowest BCUT2D eigenvalue weighted by atomic mass is 10.1. The first kappa shape index (κ1) is 22.2. The van der Waals surface area contributed by atoms with Crippen molar-refractivity contribution in [1.82, 2.24) is 4.90 Å². The van der Waals surface area contributed by atoms with E-state index in [1.807, 2.05) is 19.1 Å². The largest absolute Gasteiger partial charge is 0.496 e. The Morgan fingerprint density at radius 2 is 1.71 bits per heavy atom. The number of imide groups is 1. The summed E-state index contributed by atoms with van der Waals surface area (Å²) in [5.74, 6) is 0.356. The van der Waals surface area contributed by atoms with Crippen LogP contribution in [0.1, 0.15) is 11.1 Å². The number of nitrogens with one attached hydrogen (secondary N) is 1. The highest BCUT2D eigenvalue weighted by Gasteiger charge is 2.36. The van der Waals surface area contributed by atoms with Gasteiger partial charge in [-0.3, -0.25) is 19.3 Å². The van der Waals surface area contributed by atoms with E-state index in [0.29, 0.717) is 28.5 Å². The number of carbonyl (C=O) groups excluding carboxylic acids is 3. The maximum atomic E-state index is 12.8. The van der Waals surface area contributed by atoms with Crippen molar-refractivity contribution in [3.8, 4) is 17.2 Å². The predicted octanol–water partition coefficient (Wildman–Crippen LogP) is 3.70. The second-order valence-corrected chi connectivity index (χ2v) is 7.63. The average Bonchev–Trinajstić information content (AvgIpc) is 3.00. The van der Waals surface area contributed by atoms with Crippen molar-refractivity contribution >= 4 is 40.6 Å². The number of ether oxygens (including phenoxy) is 3. The Kier molecular flexibility index (Phi) is 6.86. The summed E-state index contributed by atoms with van der Waals surface area (Å²) in [6.07, 6.45) is 1.53. The van der Waals surface area contributed by atoms with Crippen LogP contribution in [0.5, 0.6) is 17.2 Å². The Hall–Kier alpha value is -3.46. The van der Waals surface area contributed by atoms with E-state index in [-0.39, 0.29) is 11.4 Å². The van der Waals surface area contributed by atoms with E-state index < -0.39 is 17.1 Å². The number of hydrogen-bond donors (Lipinski definition) is 1. The van der Waals surface area contributed by atoms with Crippen LogP contribution in [-0.4, -0.2) is 49.8 Å². The Morgan fingerprint density at radius 1 is 1.03 bits per heavy atom. The Balaban J connectivity index is 1.79. The third-order valence-electron chi connectivity index (χ3n) is 4.50. The Labute approximate surface area is 184 Å². The van der Waals surface area contributed by atoms with Gasteiger partial charge in [0.2, 0.25) is 5.91 Å². The number of carbonyl (C=O) groups is 3. The molecule has 0 radical (unpaired) electrons. The van der Waals surface area contributed by atoms with Gasteiger partial charge < -0.3 is 19.5 Å². The van der Waals surface area contributed by atoms with E-state index in [9.17, 15) is 14.4 Å². The van der Waals surface area contributed by atoms with Gasteiger partial charge in [0.25, 0.3) is 11.1 Å². The van der Waals surface area contributed by atoms with Crippen molar-refractivity contribution in [3.63, 3.8) is 0 Å². The second-order valence-electron chi connectivity index (χ2n) is 6.63. The number of rotatable bonds is 7. The van der Waals surface area contributed by atoms with Gasteiger partial charge in [-0.25, -0.2) is 0 Å². The van der Waals surface area contributed by atoms with Crippen LogP contribution in [0.25, 0.3) is 6.08 Å². The van der Waals surface area contributed by atoms with E-state index in [1.165, 1.54) is 27.4 Å². The molecule has 2 aromatic carbocycles. The first-order valence-electron chi connectivity index (χ1n) is 9.28. The summed E-state index contributed by atoms with van der Waals surface area (Å²) in [6, 6.07) is 10.5. The van der Waals surface area contributed by atoms with Crippen LogP contribution in [0, 0.1) is 6.92 Å². The highest BCUT2D eigenvalue weighted by molar-refractivity contribution is 8.18. The smallest absolute Gasteiger partial charge is 0.294 e. The maximum Gasteiger partial charge on any atom is 0.294 e. The Morgan fingerprint density at radius 3 is 2.35 bits per heavy atom. The molecule has 8 nitrogen and oxygen atoms in total. The van der Waals surface area contributed by atoms with E-state index in [0.717, 1.165) is 22.2 Å². The van der Waals surface area contributed by atoms with Crippen molar-refractivity contribution in [2.24, 2.45) is 0 Å². The lowest BCUT2D eigenvalue weighted by Gasteiger charge is -2.13. The Bertz CT molecular complexity index is 1070. The molecule has 0 aliphatic carbocycles. The molecule has 3 amide bonds. The summed E-state index contributed by atoms with van der Waals surface area (Å²) in [7, 11) is 4.49. The van der Waals surface area contributed by atoms with Crippen molar-refractivity contribution in [1.29, 1.82) is 0 Å². The first-order valence-corrected chi connectivity index (χ1v) is 10.1. The lowest BCUT2D eigenvalue weighted by molar-refractivity contribution is -0.127. The number of benzene rings is 2. The summed E-state index contributed by atoms with van der Waals surface area (Å²) >= 11 is 0.761. The molecule has 162 valence electrons. The molecule has 2 aromatic rings. The van der Waals surface area contributed by atoms with Gasteiger partial charge in [-0.2, -0.15) is 0 Å². The SMILES string of the molecule is COc1cc(OC)c(OC)cc1/C=C1\SC(=O)N(CC(=O)Nc2cccc(C)c2)C1=O. The van der Waals surface area contributed by atoms with Gasteiger partial charge in [-0.05, 0) is 48.5 Å². The van der Waals surface area contributed by atoms with Crippen molar-refractivity contribution < 1.29 is 28.6 Å². The number of aryl methyl sites for hydroxylation is 1. The van der Waals surface area contributed by atoms with Gasteiger partial charge in [0.1, 0.15) is 12.3 Å². The van der Waals surface area contributed by atoms with Gasteiger partial charge in [0.05, 0.1) is 26.2 Å². The summed E-state index contributed by atoms with van der Waals surface area (Å²) in [5.41, 5.74) is 2.12. The van der Waals surface area contributed by atoms with E-state index in [4.69, 9.17) is 14.2 Å². The minimum absolute atomic E-state index is 0.180. The fourth-order valence-electron chi connectivity index (χ4n) is 3.01. The van der Waals surface area contributed by atoms with Crippen LogP contribution in [-0.2, 0) is 9.59 Å². The van der Waals surface area contributed by atoms with Crippen LogP contribution in [0.3, 0.4) is 0 Å². The van der Waals surface area contributed by atoms with Crippen LogP contribution >= 0.6 is 11.8 Å². The molecule has 9 heteroatoms. The number of hydrogen-bond acceptors (Lipinski definition) is 7. The van der Waals surface area contributed by atoms with Crippen molar-refractivity contribution in [2.45, 2.75) is 6.92 Å². The zero-order valence-corrected chi connectivity index (χ0v) is 18.4. The molecule has 31 heavy (non-hydrogen) atoms. The maximum absolute atomic E-state index is 12.8. The third kappa shape index (κ3) is 5.00. The zero-order chi connectivity index (χ0) is 22.5. The molecule has 0 saturated carbocycles. The molecular formula is C22H22N2O6S. The molecule has 0 spiro atoms. The molecule has 1 aliphatic heterocycles. The molecule has 0 atom stereocenters. The minimum atomic E-state index is -0.550. The summed E-state index contributed by atoms with van der Waals surface area (Å²) in [4.78, 5) is 38.6. The standard InChI is InChI=1S/C22H22N2O6S/c1-13-6-5-7-15(8-13)23-20(25)12-24-21(26)19(31-22(24)27)10-14-9-17(29-3)18(30-4)11-16(14)28-2/h5-11H,12H2,1-4H3,(H,23,25)/b19-10-. The molecule has 3 rings (SSSR count). The molecule has 1 fully saturated rings. The topological polar surface area (TPSA) is 94.2 Å². The summed E-state index contributed by atoms with van der Waals surface area (Å²) in [6.45, 7) is 1.53. The van der Waals surface area contributed by atoms with Gasteiger partial charge in [0, 0.05) is 17.3 Å². The quantitative estimate of drug-likeness (QED) is 0.654. The average molecular weight is 442 g/mol. The highest BCUT2D eigenvalue weighted by atomic mass is 32.2. The van der Waals surface area contributed by atoms with Crippen LogP contribution in [0.2, 0.25) is 0 Å². The van der Waals surface area contributed by atoms with E-state index in [2.05, 4.69) is 5.32 Å². The van der Waals surface area contributed by atoms with Gasteiger partial charge in [-0.15, -0.1) is 0 Å². The molecule has 1 heterocycles. The number of methoxy groups -OCH3 is 3. The van der Waals surface area contributed by atoms with Crippen LogP contribution < -0.4 is 19.5 Å². The number of thioether (sulfide) groups is 1. The highest BCUT2D eigenvalue weighted by Crippen LogP contribution is 2.38. The van der Waals surface area contributed by atoms with Gasteiger partial charge in [-0.1, -0.05) is 12.1 Å². The van der Waals surface area contributed by atoms with Crippen LogP contribution in [0.15, 0.2) is 41.3 Å². The van der Waals surface area contributed by atoms with Crippen molar-refractivity contribution in [2.75, 3.05) is 33.2 Å².